The van der Waals surface area contributed by atoms with E-state index in [1.54, 1.807) is 0 Å². The molecule has 58 valence electrons. The summed E-state index contributed by atoms with van der Waals surface area (Å²) in [6.07, 6.45) is 8.25. The molecule has 2 fully saturated rings. The van der Waals surface area contributed by atoms with Crippen LogP contribution in [-0.4, -0.2) is 11.7 Å². The molecule has 0 radical (unpaired) electrons. The molecule has 1 spiro atoms. The minimum atomic E-state index is 0.409. The van der Waals surface area contributed by atoms with Gasteiger partial charge in [-0.15, -0.1) is 0 Å². The lowest BCUT2D eigenvalue weighted by Crippen LogP contribution is -2.09. The Balaban J connectivity index is 1.94. The molecule has 1 N–H and O–H groups in total. The van der Waals surface area contributed by atoms with Crippen LogP contribution in [0.2, 0.25) is 0 Å². The van der Waals surface area contributed by atoms with Crippen LogP contribution in [0, 0.1) is 11.3 Å². The maximum Gasteiger partial charge on any atom is 0.0433 e. The monoisotopic (exact) mass is 140 g/mol. The lowest BCUT2D eigenvalue weighted by Gasteiger charge is -2.15. The minimum absolute atomic E-state index is 0.409. The van der Waals surface area contributed by atoms with Gasteiger partial charge in [-0.05, 0) is 43.4 Å². The van der Waals surface area contributed by atoms with Crippen LogP contribution < -0.4 is 0 Å². The maximum atomic E-state index is 8.79. The predicted octanol–water partition coefficient (Wildman–Crippen LogP) is 1.95. The molecular weight excluding hydrogens is 124 g/mol. The van der Waals surface area contributed by atoms with Crippen molar-refractivity contribution in [3.05, 3.63) is 0 Å². The van der Waals surface area contributed by atoms with Crippen molar-refractivity contribution in [3.63, 3.8) is 0 Å². The summed E-state index contributed by atoms with van der Waals surface area (Å²) in [5.41, 5.74) is 0.753. The van der Waals surface area contributed by atoms with Crippen LogP contribution in [0.1, 0.15) is 38.5 Å². The van der Waals surface area contributed by atoms with Gasteiger partial charge in [-0.25, -0.2) is 0 Å². The molecule has 0 saturated heterocycles. The van der Waals surface area contributed by atoms with E-state index in [2.05, 4.69) is 0 Å². The summed E-state index contributed by atoms with van der Waals surface area (Å²) in [7, 11) is 0. The minimum Gasteiger partial charge on any atom is -0.396 e. The van der Waals surface area contributed by atoms with Crippen molar-refractivity contribution >= 4 is 0 Å². The lowest BCUT2D eigenvalue weighted by molar-refractivity contribution is 0.226. The molecule has 10 heavy (non-hydrogen) atoms. The van der Waals surface area contributed by atoms with Gasteiger partial charge in [0.1, 0.15) is 0 Å². The highest BCUT2D eigenvalue weighted by atomic mass is 16.3. The van der Waals surface area contributed by atoms with Gasteiger partial charge < -0.3 is 5.11 Å². The van der Waals surface area contributed by atoms with Gasteiger partial charge in [0.25, 0.3) is 0 Å². The van der Waals surface area contributed by atoms with E-state index in [1.165, 1.54) is 32.1 Å². The zero-order valence-electron chi connectivity index (χ0n) is 6.47. The van der Waals surface area contributed by atoms with E-state index in [0.717, 1.165) is 17.8 Å². The molecule has 0 bridgehead atoms. The van der Waals surface area contributed by atoms with Crippen LogP contribution in [0.15, 0.2) is 0 Å². The van der Waals surface area contributed by atoms with Gasteiger partial charge >= 0.3 is 0 Å². The first-order valence-electron chi connectivity index (χ1n) is 4.48. The molecule has 2 rings (SSSR count). The molecule has 0 aliphatic heterocycles. The first-order valence-corrected chi connectivity index (χ1v) is 4.48. The molecule has 1 unspecified atom stereocenters. The summed E-state index contributed by atoms with van der Waals surface area (Å²) >= 11 is 0. The van der Waals surface area contributed by atoms with E-state index in [9.17, 15) is 0 Å². The molecule has 2 aliphatic carbocycles. The van der Waals surface area contributed by atoms with Gasteiger partial charge in [0.15, 0.2) is 0 Å². The van der Waals surface area contributed by atoms with E-state index in [4.69, 9.17) is 5.11 Å². The fraction of sp³-hybridized carbons (Fsp3) is 1.00. The number of aliphatic hydroxyl groups excluding tert-OH is 1. The second-order valence-electron chi connectivity index (χ2n) is 3.96. The largest absolute Gasteiger partial charge is 0.396 e. The van der Waals surface area contributed by atoms with Gasteiger partial charge in [-0.2, -0.15) is 0 Å². The van der Waals surface area contributed by atoms with Crippen LogP contribution in [0.4, 0.5) is 0 Å². The van der Waals surface area contributed by atoms with Crippen molar-refractivity contribution in [2.75, 3.05) is 6.61 Å². The third-order valence-electron chi connectivity index (χ3n) is 3.46. The molecule has 1 heteroatoms. The fourth-order valence-corrected chi connectivity index (χ4v) is 2.64. The molecule has 1 nitrogen and oxygen atoms in total. The zero-order valence-corrected chi connectivity index (χ0v) is 6.47. The SMILES string of the molecule is OCCC1CCCC12CC2. The summed E-state index contributed by atoms with van der Waals surface area (Å²) in [6, 6.07) is 0. The van der Waals surface area contributed by atoms with E-state index < -0.39 is 0 Å². The van der Waals surface area contributed by atoms with Crippen molar-refractivity contribution in [1.29, 1.82) is 0 Å². The Hall–Kier alpha value is -0.0400. The van der Waals surface area contributed by atoms with E-state index in [1.807, 2.05) is 0 Å². The van der Waals surface area contributed by atoms with Crippen LogP contribution in [0.3, 0.4) is 0 Å². The van der Waals surface area contributed by atoms with E-state index >= 15 is 0 Å². The number of aliphatic hydroxyl groups is 1. The third kappa shape index (κ3) is 0.878. The Morgan fingerprint density at radius 3 is 2.70 bits per heavy atom. The maximum absolute atomic E-state index is 8.79. The molecule has 2 saturated carbocycles. The molecule has 1 atom stereocenters. The topological polar surface area (TPSA) is 20.2 Å². The average Bonchev–Trinajstić information content (AvgIpc) is 2.57. The zero-order chi connectivity index (χ0) is 7.03. The van der Waals surface area contributed by atoms with Gasteiger partial charge in [-0.1, -0.05) is 6.42 Å². The molecular formula is C9H16O. The number of hydrogen-bond donors (Lipinski definition) is 1. The highest BCUT2D eigenvalue weighted by Gasteiger charge is 2.50. The summed E-state index contributed by atoms with van der Waals surface area (Å²) in [5, 5.41) is 8.79. The average molecular weight is 140 g/mol. The first-order chi connectivity index (χ1) is 4.87. The summed E-state index contributed by atoms with van der Waals surface area (Å²) in [5.74, 6) is 0.887. The Bertz CT molecular complexity index is 127. The van der Waals surface area contributed by atoms with Crippen LogP contribution in [0.5, 0.6) is 0 Å². The fourth-order valence-electron chi connectivity index (χ4n) is 2.64. The second kappa shape index (κ2) is 2.23. The summed E-state index contributed by atoms with van der Waals surface area (Å²) in [4.78, 5) is 0. The van der Waals surface area contributed by atoms with Crippen molar-refractivity contribution in [2.24, 2.45) is 11.3 Å². The lowest BCUT2D eigenvalue weighted by atomic mass is 9.90. The van der Waals surface area contributed by atoms with Gasteiger partial charge in [0.05, 0.1) is 0 Å². The van der Waals surface area contributed by atoms with Crippen molar-refractivity contribution in [2.45, 2.75) is 38.5 Å². The molecule has 2 aliphatic rings. The van der Waals surface area contributed by atoms with Crippen LogP contribution in [0.25, 0.3) is 0 Å². The second-order valence-corrected chi connectivity index (χ2v) is 3.96. The van der Waals surface area contributed by atoms with E-state index in [0.29, 0.717) is 6.61 Å². The highest BCUT2D eigenvalue weighted by Crippen LogP contribution is 2.62. The normalized spacial score (nSPS) is 35.1. The number of hydrogen-bond acceptors (Lipinski definition) is 1. The van der Waals surface area contributed by atoms with E-state index in [-0.39, 0.29) is 0 Å². The summed E-state index contributed by atoms with van der Waals surface area (Å²) < 4.78 is 0. The van der Waals surface area contributed by atoms with Crippen LogP contribution >= 0.6 is 0 Å². The van der Waals surface area contributed by atoms with Crippen molar-refractivity contribution < 1.29 is 5.11 Å². The third-order valence-corrected chi connectivity index (χ3v) is 3.46. The molecule has 0 aromatic rings. The van der Waals surface area contributed by atoms with Gasteiger partial charge in [0.2, 0.25) is 0 Å². The number of rotatable bonds is 2. The van der Waals surface area contributed by atoms with Crippen LogP contribution in [-0.2, 0) is 0 Å². The predicted molar refractivity (Wildman–Crippen MR) is 40.7 cm³/mol. The van der Waals surface area contributed by atoms with Crippen molar-refractivity contribution in [1.82, 2.24) is 0 Å². The molecule has 0 aromatic carbocycles. The quantitative estimate of drug-likeness (QED) is 0.621. The first kappa shape index (κ1) is 6.66. The Labute approximate surface area is 62.4 Å². The molecule has 0 heterocycles. The Morgan fingerprint density at radius 1 is 1.30 bits per heavy atom. The van der Waals surface area contributed by atoms with Gasteiger partial charge in [0, 0.05) is 6.61 Å². The molecule has 0 amide bonds. The highest BCUT2D eigenvalue weighted by molar-refractivity contribution is 5.01. The standard InChI is InChI=1S/C9H16O/c10-7-3-8-2-1-4-9(8)5-6-9/h8,10H,1-7H2. The smallest absolute Gasteiger partial charge is 0.0433 e. The van der Waals surface area contributed by atoms with Gasteiger partial charge in [-0.3, -0.25) is 0 Å². The van der Waals surface area contributed by atoms with Crippen molar-refractivity contribution in [3.8, 4) is 0 Å². The Kier molecular flexibility index (Phi) is 1.48. The molecule has 0 aromatic heterocycles. The summed E-state index contributed by atoms with van der Waals surface area (Å²) in [6.45, 7) is 0.409. The Morgan fingerprint density at radius 2 is 2.10 bits per heavy atom.